The third kappa shape index (κ3) is 4.75. The average Bonchev–Trinajstić information content (AvgIpc) is 3.77. The van der Waals surface area contributed by atoms with Crippen molar-refractivity contribution in [3.63, 3.8) is 0 Å². The minimum absolute atomic E-state index is 0.838. The topological polar surface area (TPSA) is 38.7 Å². The Bertz CT molecular complexity index is 2840. The molecule has 52 heavy (non-hydrogen) atoms. The second kappa shape index (κ2) is 12.2. The van der Waals surface area contributed by atoms with Gasteiger partial charge in [-0.25, -0.2) is 0 Å². The lowest BCUT2D eigenvalue weighted by Crippen LogP contribution is -2.05. The number of nitrogens with zero attached hydrogens (tertiary/aromatic N) is 3. The number of rotatable bonds is 5. The Morgan fingerprint density at radius 3 is 1.96 bits per heavy atom. The van der Waals surface area contributed by atoms with Gasteiger partial charge >= 0.3 is 0 Å². The molecule has 0 amide bonds. The van der Waals surface area contributed by atoms with Crippen molar-refractivity contribution in [2.24, 2.45) is 0 Å². The van der Waals surface area contributed by atoms with Gasteiger partial charge in [-0.1, -0.05) is 140 Å². The van der Waals surface area contributed by atoms with Crippen LogP contribution in [0.15, 0.2) is 152 Å². The van der Waals surface area contributed by atoms with Crippen LogP contribution in [0, 0.1) is 13.8 Å². The maximum atomic E-state index is 5.05. The second-order valence-electron chi connectivity index (χ2n) is 13.7. The highest BCUT2D eigenvalue weighted by atomic mass is 32.1. The van der Waals surface area contributed by atoms with Crippen molar-refractivity contribution < 1.29 is 0 Å². The van der Waals surface area contributed by atoms with Gasteiger partial charge in [-0.05, 0) is 98.8 Å². The third-order valence-electron chi connectivity index (χ3n) is 10.8. The molecule has 0 spiro atoms. The highest BCUT2D eigenvalue weighted by Crippen LogP contribution is 2.51. The Morgan fingerprint density at radius 1 is 0.481 bits per heavy atom. The first-order chi connectivity index (χ1) is 25.7. The van der Waals surface area contributed by atoms with Crippen LogP contribution in [0.2, 0.25) is 0 Å². The van der Waals surface area contributed by atoms with Gasteiger partial charge in [0.2, 0.25) is 0 Å². The smallest absolute Gasteiger partial charge is 0.105 e. The molecule has 1 aliphatic rings. The first-order valence-corrected chi connectivity index (χ1v) is 18.6. The van der Waals surface area contributed by atoms with Crippen LogP contribution in [-0.4, -0.2) is 15.4 Å². The zero-order valence-electron chi connectivity index (χ0n) is 28.9. The highest BCUT2D eigenvalue weighted by molar-refractivity contribution is 7.25. The maximum Gasteiger partial charge on any atom is 0.105 e. The van der Waals surface area contributed by atoms with E-state index >= 15 is 0 Å². The first-order valence-electron chi connectivity index (χ1n) is 17.8. The Hall–Kier alpha value is -6.23. The molecule has 246 valence electrons. The molecule has 2 heterocycles. The molecule has 2 aromatic heterocycles. The Balaban J connectivity index is 1.36. The third-order valence-corrected chi connectivity index (χ3v) is 11.9. The molecule has 0 N–H and O–H groups in total. The van der Waals surface area contributed by atoms with Gasteiger partial charge < -0.3 is 0 Å². The number of aromatic nitrogens is 3. The lowest BCUT2D eigenvalue weighted by atomic mass is 9.82. The summed E-state index contributed by atoms with van der Waals surface area (Å²) < 4.78 is 2.55. The summed E-state index contributed by atoms with van der Waals surface area (Å²) in [5.74, 6) is 0. The molecule has 0 atom stereocenters. The van der Waals surface area contributed by atoms with Gasteiger partial charge in [0.25, 0.3) is 0 Å². The molecule has 3 nitrogen and oxygen atoms in total. The molecule has 0 saturated heterocycles. The summed E-state index contributed by atoms with van der Waals surface area (Å²) in [7, 11) is 0. The van der Waals surface area contributed by atoms with Gasteiger partial charge in [0.15, 0.2) is 0 Å². The largest absolute Gasteiger partial charge is 0.135 e. The van der Waals surface area contributed by atoms with E-state index in [-0.39, 0.29) is 0 Å². The molecule has 0 unspecified atom stereocenters. The number of hydrogen-bond donors (Lipinski definition) is 0. The van der Waals surface area contributed by atoms with Gasteiger partial charge in [0, 0.05) is 36.9 Å². The fraction of sp³-hybridized carbons (Fsp3) is 0.0625. The number of benzene rings is 7. The lowest BCUT2D eigenvalue weighted by Gasteiger charge is -2.22. The molecule has 4 heteroatoms. The van der Waals surface area contributed by atoms with Crippen LogP contribution >= 0.6 is 11.3 Å². The highest BCUT2D eigenvalue weighted by Gasteiger charge is 2.30. The van der Waals surface area contributed by atoms with Crippen LogP contribution in [0.4, 0.5) is 0 Å². The van der Waals surface area contributed by atoms with E-state index in [0.29, 0.717) is 0 Å². The number of thiophene rings is 1. The monoisotopic (exact) mass is 683 g/mol. The van der Waals surface area contributed by atoms with Crippen molar-refractivity contribution in [2.75, 3.05) is 0 Å². The summed E-state index contributed by atoms with van der Waals surface area (Å²) in [6, 6.07) is 54.5. The van der Waals surface area contributed by atoms with Crippen LogP contribution in [0.25, 0.3) is 87.2 Å². The fourth-order valence-electron chi connectivity index (χ4n) is 8.29. The molecular formula is C48H33N3S. The zero-order valence-corrected chi connectivity index (χ0v) is 29.7. The summed E-state index contributed by atoms with van der Waals surface area (Å²) >= 11 is 1.85. The van der Waals surface area contributed by atoms with Crippen LogP contribution in [-0.2, 0) is 6.42 Å². The lowest BCUT2D eigenvalue weighted by molar-refractivity contribution is 0.878. The van der Waals surface area contributed by atoms with E-state index in [1.54, 1.807) is 0 Å². The van der Waals surface area contributed by atoms with Crippen molar-refractivity contribution >= 4 is 31.5 Å². The Morgan fingerprint density at radius 2 is 1.12 bits per heavy atom. The van der Waals surface area contributed by atoms with Gasteiger partial charge in [-0.2, -0.15) is 0 Å². The maximum absolute atomic E-state index is 5.05. The van der Waals surface area contributed by atoms with E-state index in [1.807, 2.05) is 11.3 Å². The minimum atomic E-state index is 0.838. The summed E-state index contributed by atoms with van der Waals surface area (Å²) in [5.41, 5.74) is 18.4. The van der Waals surface area contributed by atoms with Gasteiger partial charge in [-0.15, -0.1) is 21.5 Å². The SMILES string of the molecule is Cc1cc2c(c(-c3c(-c4ccccc4)nnnc3-c3cccc(-c4ccccc4)c3-c3cccc4sc5ccccc5c34)c1C)Cc1ccccc1-2. The van der Waals surface area contributed by atoms with Crippen molar-refractivity contribution in [3.05, 3.63) is 174 Å². The molecule has 0 fully saturated rings. The van der Waals surface area contributed by atoms with Crippen LogP contribution < -0.4 is 0 Å². The molecule has 0 bridgehead atoms. The zero-order chi connectivity index (χ0) is 34.8. The van der Waals surface area contributed by atoms with E-state index in [4.69, 9.17) is 10.2 Å². The summed E-state index contributed by atoms with van der Waals surface area (Å²) in [6.45, 7) is 4.49. The predicted molar refractivity (Wildman–Crippen MR) is 218 cm³/mol. The molecule has 0 radical (unpaired) electrons. The van der Waals surface area contributed by atoms with Crippen molar-refractivity contribution in [3.8, 4) is 67.0 Å². The Labute approximate surface area is 306 Å². The second-order valence-corrected chi connectivity index (χ2v) is 14.7. The summed E-state index contributed by atoms with van der Waals surface area (Å²) in [4.78, 5) is 0. The van der Waals surface area contributed by atoms with E-state index in [9.17, 15) is 0 Å². The molecule has 10 rings (SSSR count). The molecule has 9 aromatic rings. The van der Waals surface area contributed by atoms with E-state index in [2.05, 4.69) is 171 Å². The molecule has 0 saturated carbocycles. The predicted octanol–water partition coefficient (Wildman–Crippen LogP) is 12.8. The fourth-order valence-corrected chi connectivity index (χ4v) is 9.42. The van der Waals surface area contributed by atoms with Gasteiger partial charge in [0.1, 0.15) is 11.4 Å². The number of aryl methyl sites for hydroxylation is 1. The average molecular weight is 684 g/mol. The van der Waals surface area contributed by atoms with E-state index in [1.165, 1.54) is 64.7 Å². The quantitative estimate of drug-likeness (QED) is 0.181. The minimum Gasteiger partial charge on any atom is -0.135 e. The molecular weight excluding hydrogens is 651 g/mol. The van der Waals surface area contributed by atoms with Crippen molar-refractivity contribution in [1.29, 1.82) is 0 Å². The van der Waals surface area contributed by atoms with Gasteiger partial charge in [0.05, 0.1) is 0 Å². The first kappa shape index (κ1) is 30.6. The summed E-state index contributed by atoms with van der Waals surface area (Å²) in [5, 5.41) is 17.0. The molecule has 0 aliphatic heterocycles. The molecule has 1 aliphatic carbocycles. The van der Waals surface area contributed by atoms with Crippen molar-refractivity contribution in [1.82, 2.24) is 15.4 Å². The van der Waals surface area contributed by atoms with E-state index in [0.717, 1.165) is 51.2 Å². The van der Waals surface area contributed by atoms with Crippen molar-refractivity contribution in [2.45, 2.75) is 20.3 Å². The van der Waals surface area contributed by atoms with Gasteiger partial charge in [-0.3, -0.25) is 0 Å². The normalized spacial score (nSPS) is 12.0. The van der Waals surface area contributed by atoms with Crippen LogP contribution in [0.5, 0.6) is 0 Å². The number of fused-ring (bicyclic) bond motifs is 6. The number of hydrogen-bond acceptors (Lipinski definition) is 4. The summed E-state index contributed by atoms with van der Waals surface area (Å²) in [6.07, 6.45) is 0.856. The molecule has 7 aromatic carbocycles. The van der Waals surface area contributed by atoms with Crippen LogP contribution in [0.1, 0.15) is 22.3 Å². The Kier molecular flexibility index (Phi) is 7.19. The standard InChI is InChI=1S/C48H33N3S/c1-29-27-39-34-20-10-9-19-33(34)28-40(39)43(30(29)2)46-47(32-17-7-4-8-18-32)49-51-50-48(46)38-24-13-22-35(31-15-5-3-6-16-31)44(38)37-23-14-26-42-45(37)36-21-11-12-25-41(36)52-42/h3-27H,28H2,1-2H3. The van der Waals surface area contributed by atoms with E-state index < -0.39 is 0 Å². The van der Waals surface area contributed by atoms with Crippen LogP contribution in [0.3, 0.4) is 0 Å².